The van der Waals surface area contributed by atoms with Gasteiger partial charge in [-0.25, -0.2) is 8.42 Å². The van der Waals surface area contributed by atoms with E-state index < -0.39 is 73.9 Å². The molecule has 0 aliphatic carbocycles. The summed E-state index contributed by atoms with van der Waals surface area (Å²) in [7, 11) is -3.92. The Kier molecular flexibility index (Phi) is 11.7. The van der Waals surface area contributed by atoms with Gasteiger partial charge in [-0.1, -0.05) is 31.0 Å². The molecule has 4 heterocycles. The Morgan fingerprint density at radius 3 is 2.43 bits per heavy atom. The van der Waals surface area contributed by atoms with E-state index in [1.165, 1.54) is 4.90 Å². The molecule has 1 saturated heterocycles. The van der Waals surface area contributed by atoms with Crippen LogP contribution in [0.5, 0.6) is 5.75 Å². The lowest BCUT2D eigenvalue weighted by atomic mass is 9.78. The summed E-state index contributed by atoms with van der Waals surface area (Å²) < 4.78 is 115. The number of nitrogens with zero attached hydrogens (tertiary/aromatic N) is 3. The lowest BCUT2D eigenvalue weighted by Gasteiger charge is -2.51. The number of nitrogens with one attached hydrogen (secondary N) is 1. The van der Waals surface area contributed by atoms with Crippen LogP contribution in [0.25, 0.3) is 0 Å². The molecule has 1 N–H and O–H groups in total. The van der Waals surface area contributed by atoms with Crippen molar-refractivity contribution in [3.05, 3.63) is 80.3 Å². The van der Waals surface area contributed by atoms with Gasteiger partial charge in [-0.15, -0.1) is 11.3 Å². The van der Waals surface area contributed by atoms with Crippen molar-refractivity contribution in [2.75, 3.05) is 19.3 Å². The van der Waals surface area contributed by atoms with Crippen LogP contribution in [0.4, 0.5) is 26.3 Å². The number of carbonyl (C=O) groups is 3. The van der Waals surface area contributed by atoms with Crippen LogP contribution in [0.15, 0.2) is 48.0 Å². The number of likely N-dealkylation sites (tertiary alicyclic amines) is 1. The number of ether oxygens (including phenoxy) is 1. The maximum atomic E-state index is 15.3. The van der Waals surface area contributed by atoms with E-state index in [1.54, 1.807) is 25.1 Å². The highest BCUT2D eigenvalue weighted by atomic mass is 35.5. The zero-order valence-corrected chi connectivity index (χ0v) is 30.8. The number of rotatable bonds is 10. The minimum absolute atomic E-state index is 0.000380. The van der Waals surface area contributed by atoms with Gasteiger partial charge in [0.05, 0.1) is 23.9 Å². The Labute approximate surface area is 310 Å². The highest BCUT2D eigenvalue weighted by molar-refractivity contribution is 7.89. The van der Waals surface area contributed by atoms with Crippen molar-refractivity contribution >= 4 is 50.7 Å². The van der Waals surface area contributed by atoms with Gasteiger partial charge < -0.3 is 14.5 Å². The second kappa shape index (κ2) is 15.5. The predicted octanol–water partition coefficient (Wildman–Crippen LogP) is 7.04. The van der Waals surface area contributed by atoms with E-state index in [-0.39, 0.29) is 63.8 Å². The van der Waals surface area contributed by atoms with E-state index in [9.17, 15) is 44.3 Å². The van der Waals surface area contributed by atoms with Crippen molar-refractivity contribution in [2.24, 2.45) is 0 Å². The molecule has 2 aliphatic heterocycles. The summed E-state index contributed by atoms with van der Waals surface area (Å²) >= 11 is 6.68. The maximum Gasteiger partial charge on any atom is 0.425 e. The summed E-state index contributed by atoms with van der Waals surface area (Å²) in [6.45, 7) is 1.61. The summed E-state index contributed by atoms with van der Waals surface area (Å²) in [6, 6.07) is 5.23. The van der Waals surface area contributed by atoms with Crippen molar-refractivity contribution in [1.29, 1.82) is 0 Å². The minimum atomic E-state index is -4.96. The van der Waals surface area contributed by atoms with E-state index in [0.717, 1.165) is 40.4 Å². The van der Waals surface area contributed by atoms with Crippen molar-refractivity contribution in [3.8, 4) is 5.75 Å². The molecule has 19 heteroatoms. The maximum absolute atomic E-state index is 15.3. The number of sulfonamides is 1. The Balaban J connectivity index is 1.64. The summed E-state index contributed by atoms with van der Waals surface area (Å²) in [6.07, 6.45) is -7.91. The van der Waals surface area contributed by atoms with E-state index in [1.807, 2.05) is 4.72 Å². The number of piperidine rings is 1. The number of carbonyl (C=O) groups excluding carboxylic acids is 3. The van der Waals surface area contributed by atoms with Gasteiger partial charge in [0.25, 0.3) is 11.8 Å². The summed E-state index contributed by atoms with van der Waals surface area (Å²) in [5, 5.41) is 1.36. The summed E-state index contributed by atoms with van der Waals surface area (Å²) in [4.78, 5) is 47.3. The molecule has 288 valence electrons. The van der Waals surface area contributed by atoms with Crippen molar-refractivity contribution in [1.82, 2.24) is 19.5 Å². The standard InChI is InChI=1S/C34H35ClF6N4O6S2/c1-3-6-26-32(51-22-18-27(52-19-22)34(39,40)41,13-5-15-45(26)30(47)29-24(33(36,37)38)7-4-14-42-29)31(48)44-16-12-20-8-9-21(35)17-23(20)25(44)10-11-28(46)43-53(2,49)50/h4,7-9,14,17-19,25-26H,3,5-6,10-13,15-16H2,1-2H3,(H,43,46)/t25-,26+,32-/m0/s1. The molecule has 1 fully saturated rings. The van der Waals surface area contributed by atoms with E-state index in [0.29, 0.717) is 28.0 Å². The van der Waals surface area contributed by atoms with E-state index in [2.05, 4.69) is 4.98 Å². The molecule has 53 heavy (non-hydrogen) atoms. The minimum Gasteiger partial charge on any atom is -0.474 e. The van der Waals surface area contributed by atoms with Crippen LogP contribution < -0.4 is 9.46 Å². The topological polar surface area (TPSA) is 126 Å². The zero-order valence-electron chi connectivity index (χ0n) is 28.4. The van der Waals surface area contributed by atoms with Gasteiger partial charge in [0.1, 0.15) is 16.3 Å². The molecule has 2 aromatic heterocycles. The molecule has 1 aromatic carbocycles. The normalized spacial score (nSPS) is 20.8. The number of halogens is 7. The van der Waals surface area contributed by atoms with Gasteiger partial charge in [0, 0.05) is 48.6 Å². The molecule has 0 saturated carbocycles. The molecule has 3 aromatic rings. The molecule has 3 amide bonds. The molecule has 0 unspecified atom stereocenters. The monoisotopic (exact) mass is 808 g/mol. The molecule has 0 spiro atoms. The lowest BCUT2D eigenvalue weighted by Crippen LogP contribution is -2.68. The van der Waals surface area contributed by atoms with Gasteiger partial charge in [-0.05, 0) is 61.1 Å². The van der Waals surface area contributed by atoms with Gasteiger partial charge in [0.2, 0.25) is 21.5 Å². The third kappa shape index (κ3) is 8.91. The molecule has 0 bridgehead atoms. The highest BCUT2D eigenvalue weighted by Crippen LogP contribution is 2.45. The first-order chi connectivity index (χ1) is 24.7. The first kappa shape index (κ1) is 40.3. The number of thiophene rings is 1. The van der Waals surface area contributed by atoms with Gasteiger partial charge >= 0.3 is 12.4 Å². The van der Waals surface area contributed by atoms with Crippen LogP contribution in [0, 0.1) is 0 Å². The fourth-order valence-corrected chi connectivity index (χ4v) is 8.44. The Morgan fingerprint density at radius 1 is 1.06 bits per heavy atom. The number of alkyl halides is 6. The van der Waals surface area contributed by atoms with E-state index in [4.69, 9.17) is 16.3 Å². The van der Waals surface area contributed by atoms with Gasteiger partial charge in [0.15, 0.2) is 0 Å². The molecule has 0 radical (unpaired) electrons. The Hall–Kier alpha value is -3.90. The van der Waals surface area contributed by atoms with Crippen LogP contribution in [0.3, 0.4) is 0 Å². The number of amides is 3. The number of hydrogen-bond acceptors (Lipinski definition) is 8. The van der Waals surface area contributed by atoms with Crippen LogP contribution in [-0.2, 0) is 38.4 Å². The van der Waals surface area contributed by atoms with Crippen LogP contribution in [-0.4, -0.2) is 71.9 Å². The first-order valence-electron chi connectivity index (χ1n) is 16.5. The molecule has 5 rings (SSSR count). The molecular formula is C34H35ClF6N4O6S2. The lowest BCUT2D eigenvalue weighted by molar-refractivity contribution is -0.163. The van der Waals surface area contributed by atoms with Crippen molar-refractivity contribution in [2.45, 2.75) is 81.9 Å². The summed E-state index contributed by atoms with van der Waals surface area (Å²) in [5.41, 5.74) is -3.02. The van der Waals surface area contributed by atoms with Crippen LogP contribution in [0.1, 0.15) is 83.5 Å². The second-order valence-electron chi connectivity index (χ2n) is 12.9. The fraction of sp³-hybridized carbons (Fsp3) is 0.471. The quantitative estimate of drug-likeness (QED) is 0.218. The number of benzene rings is 1. The van der Waals surface area contributed by atoms with Crippen LogP contribution in [0.2, 0.25) is 5.02 Å². The van der Waals surface area contributed by atoms with Gasteiger partial charge in [-0.3, -0.25) is 24.1 Å². The number of aromatic nitrogens is 1. The fourth-order valence-electron chi connectivity index (χ4n) is 7.07. The molecule has 10 nitrogen and oxygen atoms in total. The average molecular weight is 809 g/mol. The van der Waals surface area contributed by atoms with Crippen molar-refractivity contribution < 1.29 is 53.9 Å². The molecule has 3 atom stereocenters. The SMILES string of the molecule is CCC[C@H]1N(C(=O)c2ncccc2C(F)(F)F)CCC[C@@]1(Oc1csc(C(F)(F)F)c1)C(=O)N1CCc2ccc(Cl)cc2[C@@H]1CCC(=O)NS(C)(=O)=O. The predicted molar refractivity (Wildman–Crippen MR) is 183 cm³/mol. The number of fused-ring (bicyclic) bond motifs is 1. The Morgan fingerprint density at radius 2 is 1.79 bits per heavy atom. The largest absolute Gasteiger partial charge is 0.474 e. The first-order valence-corrected chi connectivity index (χ1v) is 19.7. The van der Waals surface area contributed by atoms with E-state index >= 15 is 4.79 Å². The third-order valence-electron chi connectivity index (χ3n) is 9.19. The van der Waals surface area contributed by atoms with Gasteiger partial charge in [-0.2, -0.15) is 26.3 Å². The van der Waals surface area contributed by atoms with Crippen molar-refractivity contribution in [3.63, 3.8) is 0 Å². The average Bonchev–Trinajstić information content (AvgIpc) is 3.55. The number of pyridine rings is 1. The Bertz CT molecular complexity index is 1970. The zero-order chi connectivity index (χ0) is 38.9. The summed E-state index contributed by atoms with van der Waals surface area (Å²) in [5.74, 6) is -3.09. The second-order valence-corrected chi connectivity index (χ2v) is 16.0. The highest BCUT2D eigenvalue weighted by Gasteiger charge is 2.57. The number of hydrogen-bond donors (Lipinski definition) is 1. The molecule has 2 aliphatic rings. The third-order valence-corrected chi connectivity index (χ3v) is 11.0. The van der Waals surface area contributed by atoms with Crippen LogP contribution >= 0.6 is 22.9 Å². The molecular weight excluding hydrogens is 774 g/mol. The smallest absolute Gasteiger partial charge is 0.425 e.